The van der Waals surface area contributed by atoms with E-state index in [1.807, 2.05) is 25.1 Å². The number of benzene rings is 2. The standard InChI is InChI=1S/C19H18BrN3O3S/c1-3-23-18(25)13-10-12(20)8-9-14(13)22-19(23)27-11-17(24)21-15-6-4-5-7-16(15)26-2/h4-10H,3,11H2,1-2H3,(H,21,24). The quantitative estimate of drug-likeness (QED) is 0.457. The molecule has 3 rings (SSSR count). The molecule has 3 aromatic rings. The van der Waals surface area contributed by atoms with Gasteiger partial charge in [-0.25, -0.2) is 4.98 Å². The molecule has 0 fully saturated rings. The number of hydrogen-bond acceptors (Lipinski definition) is 5. The number of carbonyl (C=O) groups excluding carboxylic acids is 1. The van der Waals surface area contributed by atoms with Gasteiger partial charge < -0.3 is 10.1 Å². The third kappa shape index (κ3) is 4.33. The Bertz CT molecular complexity index is 1050. The zero-order valence-corrected chi connectivity index (χ0v) is 17.3. The fourth-order valence-corrected chi connectivity index (χ4v) is 3.85. The highest BCUT2D eigenvalue weighted by Gasteiger charge is 2.13. The van der Waals surface area contributed by atoms with Gasteiger partial charge in [0, 0.05) is 11.0 Å². The molecular weight excluding hydrogens is 430 g/mol. The van der Waals surface area contributed by atoms with E-state index in [2.05, 4.69) is 26.2 Å². The average molecular weight is 448 g/mol. The van der Waals surface area contributed by atoms with Crippen LogP contribution in [0.2, 0.25) is 0 Å². The van der Waals surface area contributed by atoms with Gasteiger partial charge in [-0.1, -0.05) is 39.8 Å². The van der Waals surface area contributed by atoms with Crippen LogP contribution >= 0.6 is 27.7 Å². The van der Waals surface area contributed by atoms with Gasteiger partial charge in [0.25, 0.3) is 5.56 Å². The Balaban J connectivity index is 1.81. The Hall–Kier alpha value is -2.32. The number of nitrogens with zero attached hydrogens (tertiary/aromatic N) is 2. The molecule has 0 saturated heterocycles. The van der Waals surface area contributed by atoms with Gasteiger partial charge >= 0.3 is 0 Å². The maximum absolute atomic E-state index is 12.7. The van der Waals surface area contributed by atoms with E-state index in [1.54, 1.807) is 35.9 Å². The van der Waals surface area contributed by atoms with Crippen LogP contribution in [0.1, 0.15) is 6.92 Å². The number of amides is 1. The summed E-state index contributed by atoms with van der Waals surface area (Å²) in [5, 5.41) is 3.89. The Morgan fingerprint density at radius 2 is 2.07 bits per heavy atom. The van der Waals surface area contributed by atoms with Crippen molar-refractivity contribution in [2.45, 2.75) is 18.6 Å². The summed E-state index contributed by atoms with van der Waals surface area (Å²) in [6.07, 6.45) is 0. The van der Waals surface area contributed by atoms with Gasteiger partial charge in [0.2, 0.25) is 5.91 Å². The number of methoxy groups -OCH3 is 1. The molecule has 140 valence electrons. The van der Waals surface area contributed by atoms with Crippen LogP contribution in [0.5, 0.6) is 5.75 Å². The summed E-state index contributed by atoms with van der Waals surface area (Å²) in [6, 6.07) is 12.6. The first-order valence-corrected chi connectivity index (χ1v) is 10.1. The Morgan fingerprint density at radius 1 is 1.30 bits per heavy atom. The van der Waals surface area contributed by atoms with Crippen molar-refractivity contribution in [3.8, 4) is 5.75 Å². The molecule has 0 saturated carbocycles. The largest absolute Gasteiger partial charge is 0.495 e. The van der Waals surface area contributed by atoms with Crippen LogP contribution in [-0.2, 0) is 11.3 Å². The zero-order valence-electron chi connectivity index (χ0n) is 14.9. The molecule has 27 heavy (non-hydrogen) atoms. The highest BCUT2D eigenvalue weighted by atomic mass is 79.9. The first-order chi connectivity index (χ1) is 13.0. The average Bonchev–Trinajstić information content (AvgIpc) is 2.67. The first kappa shape index (κ1) is 19.4. The van der Waals surface area contributed by atoms with Crippen molar-refractivity contribution in [1.82, 2.24) is 9.55 Å². The summed E-state index contributed by atoms with van der Waals surface area (Å²) in [5.41, 5.74) is 1.10. The normalized spacial score (nSPS) is 10.8. The highest BCUT2D eigenvalue weighted by molar-refractivity contribution is 9.10. The number of anilines is 1. The zero-order chi connectivity index (χ0) is 19.4. The lowest BCUT2D eigenvalue weighted by molar-refractivity contribution is -0.113. The van der Waals surface area contributed by atoms with E-state index in [4.69, 9.17) is 4.74 Å². The predicted octanol–water partition coefficient (Wildman–Crippen LogP) is 3.92. The molecule has 6 nitrogen and oxygen atoms in total. The maximum atomic E-state index is 12.7. The topological polar surface area (TPSA) is 73.2 Å². The van der Waals surface area contributed by atoms with Crippen LogP contribution in [0.15, 0.2) is 56.9 Å². The molecular formula is C19H18BrN3O3S. The minimum Gasteiger partial charge on any atom is -0.495 e. The van der Waals surface area contributed by atoms with Gasteiger partial charge in [0.15, 0.2) is 5.16 Å². The monoisotopic (exact) mass is 447 g/mol. The van der Waals surface area contributed by atoms with Crippen LogP contribution in [0, 0.1) is 0 Å². The summed E-state index contributed by atoms with van der Waals surface area (Å²) >= 11 is 4.61. The van der Waals surface area contributed by atoms with E-state index in [0.29, 0.717) is 34.0 Å². The summed E-state index contributed by atoms with van der Waals surface area (Å²) in [4.78, 5) is 29.6. The summed E-state index contributed by atoms with van der Waals surface area (Å²) < 4.78 is 7.64. The van der Waals surface area contributed by atoms with E-state index in [-0.39, 0.29) is 17.2 Å². The number of aromatic nitrogens is 2. The SMILES string of the molecule is CCn1c(SCC(=O)Nc2ccccc2OC)nc2ccc(Br)cc2c1=O. The summed E-state index contributed by atoms with van der Waals surface area (Å²) in [5.74, 6) is 0.528. The number of halogens is 1. The van der Waals surface area contributed by atoms with Gasteiger partial charge in [0.1, 0.15) is 5.75 Å². The number of thioether (sulfide) groups is 1. The molecule has 0 spiro atoms. The fraction of sp³-hybridized carbons (Fsp3) is 0.211. The molecule has 0 aliphatic rings. The maximum Gasteiger partial charge on any atom is 0.262 e. The molecule has 1 aromatic heterocycles. The van der Waals surface area contributed by atoms with E-state index in [1.165, 1.54) is 11.8 Å². The Labute approximate surface area is 169 Å². The van der Waals surface area contributed by atoms with E-state index in [9.17, 15) is 9.59 Å². The molecule has 1 N–H and O–H groups in total. The molecule has 0 atom stereocenters. The second kappa shape index (κ2) is 8.58. The fourth-order valence-electron chi connectivity index (χ4n) is 2.63. The lowest BCUT2D eigenvalue weighted by Gasteiger charge is -2.12. The number of para-hydroxylation sites is 2. The third-order valence-electron chi connectivity index (χ3n) is 3.91. The van der Waals surface area contributed by atoms with Crippen LogP contribution in [0.3, 0.4) is 0 Å². The molecule has 1 heterocycles. The van der Waals surface area contributed by atoms with Crippen LogP contribution < -0.4 is 15.6 Å². The van der Waals surface area contributed by atoms with E-state index in [0.717, 1.165) is 4.47 Å². The second-order valence-electron chi connectivity index (χ2n) is 5.64. The lowest BCUT2D eigenvalue weighted by atomic mass is 10.2. The molecule has 0 aliphatic heterocycles. The molecule has 1 amide bonds. The van der Waals surface area contributed by atoms with Crippen LogP contribution in [0.4, 0.5) is 5.69 Å². The van der Waals surface area contributed by atoms with Gasteiger partial charge in [-0.3, -0.25) is 14.2 Å². The summed E-state index contributed by atoms with van der Waals surface area (Å²) in [6.45, 7) is 2.36. The van der Waals surface area contributed by atoms with Gasteiger partial charge in [-0.15, -0.1) is 0 Å². The number of rotatable bonds is 6. The van der Waals surface area contributed by atoms with Crippen molar-refractivity contribution < 1.29 is 9.53 Å². The minimum absolute atomic E-state index is 0.114. The lowest BCUT2D eigenvalue weighted by Crippen LogP contribution is -2.23. The Morgan fingerprint density at radius 3 is 2.81 bits per heavy atom. The first-order valence-electron chi connectivity index (χ1n) is 8.29. The van der Waals surface area contributed by atoms with E-state index >= 15 is 0 Å². The third-order valence-corrected chi connectivity index (χ3v) is 5.38. The molecule has 0 bridgehead atoms. The molecule has 0 radical (unpaired) electrons. The van der Waals surface area contributed by atoms with Crippen molar-refractivity contribution in [1.29, 1.82) is 0 Å². The molecule has 2 aromatic carbocycles. The Kier molecular flexibility index (Phi) is 6.18. The van der Waals surface area contributed by atoms with Crippen molar-refractivity contribution in [2.24, 2.45) is 0 Å². The minimum atomic E-state index is -0.197. The van der Waals surface area contributed by atoms with Crippen molar-refractivity contribution in [3.63, 3.8) is 0 Å². The molecule has 0 unspecified atom stereocenters. The van der Waals surface area contributed by atoms with Gasteiger partial charge in [0.05, 0.1) is 29.5 Å². The summed E-state index contributed by atoms with van der Waals surface area (Å²) in [7, 11) is 1.55. The number of fused-ring (bicyclic) bond motifs is 1. The molecule has 8 heteroatoms. The van der Waals surface area contributed by atoms with Crippen LogP contribution in [0.25, 0.3) is 10.9 Å². The van der Waals surface area contributed by atoms with Crippen LogP contribution in [-0.4, -0.2) is 28.3 Å². The van der Waals surface area contributed by atoms with Crippen molar-refractivity contribution >= 4 is 50.2 Å². The number of ether oxygens (including phenoxy) is 1. The smallest absolute Gasteiger partial charge is 0.262 e. The number of hydrogen-bond donors (Lipinski definition) is 1. The van der Waals surface area contributed by atoms with Crippen molar-refractivity contribution in [3.05, 3.63) is 57.3 Å². The van der Waals surface area contributed by atoms with Gasteiger partial charge in [-0.2, -0.15) is 0 Å². The second-order valence-corrected chi connectivity index (χ2v) is 7.50. The van der Waals surface area contributed by atoms with Gasteiger partial charge in [-0.05, 0) is 37.3 Å². The predicted molar refractivity (Wildman–Crippen MR) is 112 cm³/mol. The molecule has 0 aliphatic carbocycles. The number of carbonyl (C=O) groups is 1. The van der Waals surface area contributed by atoms with Crippen molar-refractivity contribution in [2.75, 3.05) is 18.2 Å². The van der Waals surface area contributed by atoms with E-state index < -0.39 is 0 Å². The highest BCUT2D eigenvalue weighted by Crippen LogP contribution is 2.24. The number of nitrogens with one attached hydrogen (secondary N) is 1.